The molecule has 3 aliphatic rings. The van der Waals surface area contributed by atoms with Crippen LogP contribution in [-0.2, 0) is 10.8 Å². The van der Waals surface area contributed by atoms with Crippen LogP contribution in [0.2, 0.25) is 0 Å². The van der Waals surface area contributed by atoms with E-state index < -0.39 is 5.41 Å². The zero-order chi connectivity index (χ0) is 48.1. The Labute approximate surface area is 420 Å². The van der Waals surface area contributed by atoms with Crippen LogP contribution in [-0.4, -0.2) is 19.5 Å². The highest BCUT2D eigenvalue weighted by Crippen LogP contribution is 2.63. The van der Waals surface area contributed by atoms with Crippen LogP contribution >= 0.6 is 0 Å². The molecule has 0 amide bonds. The molecule has 2 heterocycles. The van der Waals surface area contributed by atoms with Crippen molar-refractivity contribution in [2.24, 2.45) is 5.92 Å². The van der Waals surface area contributed by atoms with Gasteiger partial charge in [0, 0.05) is 38.6 Å². The van der Waals surface area contributed by atoms with Gasteiger partial charge in [0.05, 0.1) is 16.4 Å². The molecule has 72 heavy (non-hydrogen) atoms. The zero-order valence-corrected chi connectivity index (χ0v) is 40.5. The standard InChI is InChI=1S/C68H50N4/c1-43-19-7-8-24-50(43)44-35-37-46(38-36-44)65-69-64(45-20-5-4-6-21-45)70-66(71-65)53-27-18-32-60-63(53)54-42-48(47-22-17-23-49(41-47)72-61-33-15-9-25-51(61)52-26-10-16-34-62(52)72)39-40-55(54)68(60)58-30-13-11-28-56(58)67(2,3)57-29-12-14-31-59(57)68/h4-18,20-43H,19H2,1-3H3. The number of nitrogens with zero attached hydrogens (tertiary/aromatic N) is 4. The SMILES string of the molecule is CC1CC=CC=C1c1ccc(-c2nc(-c3ccccc3)nc(-c3cccc4c3-c3cc(-c5cccc(-n6c7ccccc7c7ccccc76)c5)ccc3C43c4ccccc4C(C)(C)c4ccccc43)n2)cc1. The van der Waals surface area contributed by atoms with Crippen molar-refractivity contribution in [2.75, 3.05) is 0 Å². The van der Waals surface area contributed by atoms with Gasteiger partial charge < -0.3 is 4.57 Å². The topological polar surface area (TPSA) is 43.6 Å². The lowest BCUT2D eigenvalue weighted by molar-refractivity contribution is 0.563. The van der Waals surface area contributed by atoms with E-state index in [1.54, 1.807) is 0 Å². The van der Waals surface area contributed by atoms with Crippen molar-refractivity contribution in [3.8, 4) is 62.1 Å². The highest BCUT2D eigenvalue weighted by molar-refractivity contribution is 6.09. The maximum absolute atomic E-state index is 5.47. The number of hydrogen-bond donors (Lipinski definition) is 0. The van der Waals surface area contributed by atoms with E-state index in [9.17, 15) is 0 Å². The molecule has 14 rings (SSSR count). The third kappa shape index (κ3) is 6.21. The Kier molecular flexibility index (Phi) is 9.47. The van der Waals surface area contributed by atoms with Gasteiger partial charge >= 0.3 is 0 Å². The quantitative estimate of drug-likeness (QED) is 0.167. The minimum absolute atomic E-state index is 0.225. The summed E-state index contributed by atoms with van der Waals surface area (Å²) in [6, 6.07) is 77.9. The van der Waals surface area contributed by atoms with Crippen LogP contribution in [0.4, 0.5) is 0 Å². The molecule has 11 aromatic rings. The third-order valence-electron chi connectivity index (χ3n) is 16.0. The minimum Gasteiger partial charge on any atom is -0.309 e. The monoisotopic (exact) mass is 922 g/mol. The van der Waals surface area contributed by atoms with Gasteiger partial charge in [0.25, 0.3) is 0 Å². The van der Waals surface area contributed by atoms with Gasteiger partial charge in [-0.2, -0.15) is 0 Å². The van der Waals surface area contributed by atoms with Crippen LogP contribution in [0.3, 0.4) is 0 Å². The van der Waals surface area contributed by atoms with E-state index in [1.807, 2.05) is 6.07 Å². The highest BCUT2D eigenvalue weighted by atomic mass is 15.0. The summed E-state index contributed by atoms with van der Waals surface area (Å²) < 4.78 is 2.41. The van der Waals surface area contributed by atoms with Crippen LogP contribution in [0.1, 0.15) is 66.1 Å². The van der Waals surface area contributed by atoms with Gasteiger partial charge in [-0.3, -0.25) is 0 Å². The van der Waals surface area contributed by atoms with E-state index in [1.165, 1.54) is 71.9 Å². The van der Waals surface area contributed by atoms with E-state index in [2.05, 4.69) is 250 Å². The van der Waals surface area contributed by atoms with Crippen molar-refractivity contribution in [3.05, 3.63) is 269 Å². The smallest absolute Gasteiger partial charge is 0.164 e. The van der Waals surface area contributed by atoms with E-state index in [4.69, 9.17) is 15.0 Å². The van der Waals surface area contributed by atoms with Gasteiger partial charge in [-0.15, -0.1) is 0 Å². The molecule has 0 saturated carbocycles. The molecule has 4 nitrogen and oxygen atoms in total. The Balaban J connectivity index is 1.01. The maximum Gasteiger partial charge on any atom is 0.164 e. The number of aromatic nitrogens is 4. The third-order valence-corrected chi connectivity index (χ3v) is 16.0. The van der Waals surface area contributed by atoms with E-state index in [0.29, 0.717) is 23.4 Å². The largest absolute Gasteiger partial charge is 0.309 e. The summed E-state index contributed by atoms with van der Waals surface area (Å²) in [6.45, 7) is 7.06. The number of para-hydroxylation sites is 2. The summed E-state index contributed by atoms with van der Waals surface area (Å²) in [4.78, 5) is 16.1. The molecule has 342 valence electrons. The molecule has 0 radical (unpaired) electrons. The van der Waals surface area contributed by atoms with Crippen LogP contribution < -0.4 is 0 Å². The summed E-state index contributed by atoms with van der Waals surface area (Å²) in [7, 11) is 0. The molecule has 0 fully saturated rings. The van der Waals surface area contributed by atoms with Crippen molar-refractivity contribution in [3.63, 3.8) is 0 Å². The minimum atomic E-state index is -0.610. The molecule has 2 aromatic heterocycles. The van der Waals surface area contributed by atoms with E-state index >= 15 is 0 Å². The van der Waals surface area contributed by atoms with E-state index in [0.717, 1.165) is 45.5 Å². The van der Waals surface area contributed by atoms with Gasteiger partial charge in [-0.25, -0.2) is 15.0 Å². The van der Waals surface area contributed by atoms with Crippen LogP contribution in [0.5, 0.6) is 0 Å². The molecule has 0 saturated heterocycles. The number of fused-ring (bicyclic) bond motifs is 12. The van der Waals surface area contributed by atoms with Crippen molar-refractivity contribution >= 4 is 27.4 Å². The van der Waals surface area contributed by atoms with Gasteiger partial charge in [-0.05, 0) is 109 Å². The summed E-state index contributed by atoms with van der Waals surface area (Å²) >= 11 is 0. The average molecular weight is 923 g/mol. The highest BCUT2D eigenvalue weighted by Gasteiger charge is 2.54. The van der Waals surface area contributed by atoms with Crippen molar-refractivity contribution < 1.29 is 0 Å². The van der Waals surface area contributed by atoms with Gasteiger partial charge in [0.1, 0.15) is 0 Å². The number of rotatable bonds is 6. The van der Waals surface area contributed by atoms with Gasteiger partial charge in [-0.1, -0.05) is 221 Å². The Morgan fingerprint density at radius 3 is 1.64 bits per heavy atom. The molecule has 9 aromatic carbocycles. The molecular formula is C68H50N4. The molecule has 1 atom stereocenters. The van der Waals surface area contributed by atoms with Crippen molar-refractivity contribution in [1.82, 2.24) is 19.5 Å². The summed E-state index contributed by atoms with van der Waals surface area (Å²) in [6.07, 6.45) is 7.71. The van der Waals surface area contributed by atoms with Gasteiger partial charge in [0.2, 0.25) is 0 Å². The first-order valence-electron chi connectivity index (χ1n) is 25.2. The summed E-state index contributed by atoms with van der Waals surface area (Å²) in [5.74, 6) is 2.39. The van der Waals surface area contributed by atoms with Crippen molar-refractivity contribution in [1.29, 1.82) is 0 Å². The fraction of sp³-hybridized carbons (Fsp3) is 0.103. The number of allylic oxidation sites excluding steroid dienone is 4. The van der Waals surface area contributed by atoms with Gasteiger partial charge in [0.15, 0.2) is 17.5 Å². The number of benzene rings is 9. The van der Waals surface area contributed by atoms with Crippen LogP contribution in [0.15, 0.2) is 231 Å². The number of hydrogen-bond acceptors (Lipinski definition) is 3. The summed E-state index contributed by atoms with van der Waals surface area (Å²) in [5, 5.41) is 2.50. The van der Waals surface area contributed by atoms with Crippen LogP contribution in [0, 0.1) is 5.92 Å². The molecule has 4 heteroatoms. The Bertz CT molecular complexity index is 3950. The maximum atomic E-state index is 5.47. The zero-order valence-electron chi connectivity index (χ0n) is 40.5. The first-order valence-corrected chi connectivity index (χ1v) is 25.2. The Morgan fingerprint density at radius 1 is 0.431 bits per heavy atom. The Hall–Kier alpha value is -8.73. The molecule has 1 spiro atoms. The first-order chi connectivity index (χ1) is 35.4. The lowest BCUT2D eigenvalue weighted by Crippen LogP contribution is -2.40. The molecule has 0 N–H and O–H groups in total. The first kappa shape index (κ1) is 42.2. The molecule has 3 aliphatic carbocycles. The molecule has 0 aliphatic heterocycles. The molecule has 1 unspecified atom stereocenters. The predicted molar refractivity (Wildman–Crippen MR) is 296 cm³/mol. The second kappa shape index (κ2) is 16.2. The van der Waals surface area contributed by atoms with Crippen LogP contribution in [0.25, 0.3) is 89.5 Å². The van der Waals surface area contributed by atoms with E-state index in [-0.39, 0.29) is 5.41 Å². The predicted octanol–water partition coefficient (Wildman–Crippen LogP) is 16.6. The lowest BCUT2D eigenvalue weighted by atomic mass is 9.55. The second-order valence-electron chi connectivity index (χ2n) is 20.3. The fourth-order valence-electron chi connectivity index (χ4n) is 12.6. The Morgan fingerprint density at radius 2 is 0.958 bits per heavy atom. The normalized spacial score (nSPS) is 15.8. The molecule has 0 bridgehead atoms. The average Bonchev–Trinajstić information content (AvgIpc) is 3.93. The van der Waals surface area contributed by atoms with Crippen molar-refractivity contribution in [2.45, 2.75) is 38.0 Å². The summed E-state index contributed by atoms with van der Waals surface area (Å²) in [5.41, 5.74) is 20.5. The fourth-order valence-corrected chi connectivity index (χ4v) is 12.6. The molecular weight excluding hydrogens is 873 g/mol. The second-order valence-corrected chi connectivity index (χ2v) is 20.3. The lowest BCUT2D eigenvalue weighted by Gasteiger charge is -2.46.